The number of benzene rings is 1. The van der Waals surface area contributed by atoms with Gasteiger partial charge in [-0.1, -0.05) is 25.1 Å². The number of nitrogens with zero attached hydrogens (tertiary/aromatic N) is 5. The average Bonchev–Trinajstić information content (AvgIpc) is 3.08. The molecule has 4 rings (SSSR count). The lowest BCUT2D eigenvalue weighted by atomic mass is 10.1. The highest BCUT2D eigenvalue weighted by Gasteiger charge is 2.20. The Morgan fingerprint density at radius 2 is 1.92 bits per heavy atom. The third-order valence-corrected chi connectivity index (χ3v) is 4.74. The number of hydrogen-bond acceptors (Lipinski definition) is 5. The van der Waals surface area contributed by atoms with E-state index in [0.717, 1.165) is 55.0 Å². The number of piperidine rings is 1. The van der Waals surface area contributed by atoms with E-state index in [9.17, 15) is 0 Å². The highest BCUT2D eigenvalue weighted by atomic mass is 15.3. The number of hydrogen-bond donors (Lipinski definition) is 1. The summed E-state index contributed by atoms with van der Waals surface area (Å²) in [6.07, 6.45) is 5.76. The van der Waals surface area contributed by atoms with Gasteiger partial charge in [-0.15, -0.1) is 0 Å². The van der Waals surface area contributed by atoms with Crippen LogP contribution in [0.1, 0.15) is 19.8 Å². The van der Waals surface area contributed by atoms with E-state index < -0.39 is 0 Å². The van der Waals surface area contributed by atoms with Crippen LogP contribution < -0.4 is 5.32 Å². The number of rotatable bonds is 4. The van der Waals surface area contributed by atoms with Crippen LogP contribution in [0.3, 0.4) is 0 Å². The molecule has 1 aliphatic rings. The number of para-hydroxylation sites is 1. The molecule has 0 atom stereocenters. The van der Waals surface area contributed by atoms with E-state index in [1.54, 1.807) is 6.33 Å². The summed E-state index contributed by atoms with van der Waals surface area (Å²) >= 11 is 0. The first kappa shape index (κ1) is 15.1. The van der Waals surface area contributed by atoms with E-state index in [1.807, 2.05) is 41.2 Å². The second-order valence-corrected chi connectivity index (χ2v) is 6.20. The molecule has 124 valence electrons. The fourth-order valence-electron chi connectivity index (χ4n) is 3.30. The Morgan fingerprint density at radius 1 is 1.12 bits per heavy atom. The number of likely N-dealkylation sites (tertiary alicyclic amines) is 1. The van der Waals surface area contributed by atoms with Crippen LogP contribution >= 0.6 is 0 Å². The molecule has 1 fully saturated rings. The SMILES string of the molecule is CCN1CCC(Nc2ncnc3c2cnn3-c2ccccc2)CC1. The predicted molar refractivity (Wildman–Crippen MR) is 95.4 cm³/mol. The van der Waals surface area contributed by atoms with Crippen molar-refractivity contribution in [2.75, 3.05) is 25.0 Å². The molecule has 6 heteroatoms. The molecule has 24 heavy (non-hydrogen) atoms. The average molecular weight is 322 g/mol. The third-order valence-electron chi connectivity index (χ3n) is 4.74. The minimum atomic E-state index is 0.464. The normalized spacial score (nSPS) is 16.5. The quantitative estimate of drug-likeness (QED) is 0.800. The molecule has 1 aliphatic heterocycles. The smallest absolute Gasteiger partial charge is 0.168 e. The molecule has 0 spiro atoms. The third kappa shape index (κ3) is 2.85. The van der Waals surface area contributed by atoms with Crippen molar-refractivity contribution in [3.05, 3.63) is 42.9 Å². The molecule has 1 aromatic carbocycles. The highest BCUT2D eigenvalue weighted by molar-refractivity contribution is 5.87. The summed E-state index contributed by atoms with van der Waals surface area (Å²) in [5.41, 5.74) is 1.85. The zero-order valence-corrected chi connectivity index (χ0v) is 13.9. The molecule has 2 aromatic heterocycles. The summed E-state index contributed by atoms with van der Waals surface area (Å²) < 4.78 is 1.86. The van der Waals surface area contributed by atoms with Crippen LogP contribution in [0.2, 0.25) is 0 Å². The number of aromatic nitrogens is 4. The first-order chi connectivity index (χ1) is 11.8. The van der Waals surface area contributed by atoms with Gasteiger partial charge in [0, 0.05) is 19.1 Å². The largest absolute Gasteiger partial charge is 0.367 e. The second kappa shape index (κ2) is 6.57. The Bertz CT molecular complexity index is 805. The summed E-state index contributed by atoms with van der Waals surface area (Å²) in [7, 11) is 0. The zero-order chi connectivity index (χ0) is 16.4. The Hall–Kier alpha value is -2.47. The maximum Gasteiger partial charge on any atom is 0.168 e. The van der Waals surface area contributed by atoms with Crippen LogP contribution in [0.25, 0.3) is 16.7 Å². The van der Waals surface area contributed by atoms with Crippen molar-refractivity contribution >= 4 is 16.9 Å². The van der Waals surface area contributed by atoms with Gasteiger partial charge in [-0.25, -0.2) is 14.6 Å². The van der Waals surface area contributed by atoms with Gasteiger partial charge >= 0.3 is 0 Å². The molecule has 0 bridgehead atoms. The van der Waals surface area contributed by atoms with E-state index in [0.29, 0.717) is 6.04 Å². The van der Waals surface area contributed by atoms with E-state index in [2.05, 4.69) is 32.2 Å². The molecule has 0 saturated carbocycles. The van der Waals surface area contributed by atoms with Crippen molar-refractivity contribution < 1.29 is 0 Å². The van der Waals surface area contributed by atoms with Crippen LogP contribution in [0.5, 0.6) is 0 Å². The molecule has 0 radical (unpaired) electrons. The Balaban J connectivity index is 1.60. The summed E-state index contributed by atoms with van der Waals surface area (Å²) in [5, 5.41) is 9.08. The molecule has 0 aliphatic carbocycles. The molecule has 1 saturated heterocycles. The zero-order valence-electron chi connectivity index (χ0n) is 13.9. The molecular weight excluding hydrogens is 300 g/mol. The minimum absolute atomic E-state index is 0.464. The number of nitrogens with one attached hydrogen (secondary N) is 1. The van der Waals surface area contributed by atoms with Gasteiger partial charge < -0.3 is 10.2 Å². The van der Waals surface area contributed by atoms with E-state index >= 15 is 0 Å². The van der Waals surface area contributed by atoms with Gasteiger partial charge in [0.1, 0.15) is 12.1 Å². The Kier molecular flexibility index (Phi) is 4.13. The topological polar surface area (TPSA) is 58.9 Å². The van der Waals surface area contributed by atoms with E-state index in [4.69, 9.17) is 0 Å². The van der Waals surface area contributed by atoms with Crippen molar-refractivity contribution in [1.82, 2.24) is 24.6 Å². The molecule has 0 unspecified atom stereocenters. The second-order valence-electron chi connectivity index (χ2n) is 6.20. The first-order valence-electron chi connectivity index (χ1n) is 8.58. The Labute approximate surface area is 141 Å². The van der Waals surface area contributed by atoms with Crippen molar-refractivity contribution in [2.24, 2.45) is 0 Å². The van der Waals surface area contributed by atoms with Crippen LogP contribution in [0.15, 0.2) is 42.9 Å². The van der Waals surface area contributed by atoms with Gasteiger partial charge in [-0.3, -0.25) is 0 Å². The van der Waals surface area contributed by atoms with Crippen molar-refractivity contribution in [1.29, 1.82) is 0 Å². The monoisotopic (exact) mass is 322 g/mol. The summed E-state index contributed by atoms with van der Waals surface area (Å²) in [4.78, 5) is 11.4. The lowest BCUT2D eigenvalue weighted by Crippen LogP contribution is -2.39. The van der Waals surface area contributed by atoms with Crippen molar-refractivity contribution in [3.8, 4) is 5.69 Å². The lowest BCUT2D eigenvalue weighted by Gasteiger charge is -2.31. The Morgan fingerprint density at radius 3 is 2.67 bits per heavy atom. The summed E-state index contributed by atoms with van der Waals surface area (Å²) in [6, 6.07) is 10.5. The molecule has 0 amide bonds. The number of fused-ring (bicyclic) bond motifs is 1. The highest BCUT2D eigenvalue weighted by Crippen LogP contribution is 2.23. The predicted octanol–water partition coefficient (Wildman–Crippen LogP) is 2.71. The molecule has 3 aromatic rings. The minimum Gasteiger partial charge on any atom is -0.367 e. The lowest BCUT2D eigenvalue weighted by molar-refractivity contribution is 0.229. The summed E-state index contributed by atoms with van der Waals surface area (Å²) in [6.45, 7) is 5.64. The maximum atomic E-state index is 4.51. The van der Waals surface area contributed by atoms with Gasteiger partial charge in [0.05, 0.1) is 17.3 Å². The molecule has 6 nitrogen and oxygen atoms in total. The van der Waals surface area contributed by atoms with E-state index in [1.165, 1.54) is 0 Å². The maximum absolute atomic E-state index is 4.51. The number of anilines is 1. The van der Waals surface area contributed by atoms with Gasteiger partial charge in [-0.05, 0) is 31.5 Å². The van der Waals surface area contributed by atoms with Crippen LogP contribution in [-0.4, -0.2) is 50.3 Å². The van der Waals surface area contributed by atoms with Gasteiger partial charge in [-0.2, -0.15) is 5.10 Å². The fourth-order valence-corrected chi connectivity index (χ4v) is 3.30. The van der Waals surface area contributed by atoms with Gasteiger partial charge in [0.25, 0.3) is 0 Å². The van der Waals surface area contributed by atoms with Crippen LogP contribution in [0.4, 0.5) is 5.82 Å². The van der Waals surface area contributed by atoms with Crippen molar-refractivity contribution in [2.45, 2.75) is 25.8 Å². The van der Waals surface area contributed by atoms with Crippen LogP contribution in [0, 0.1) is 0 Å². The molecule has 3 heterocycles. The molecular formula is C18H22N6. The van der Waals surface area contributed by atoms with Gasteiger partial charge in [0.15, 0.2) is 5.65 Å². The van der Waals surface area contributed by atoms with Gasteiger partial charge in [0.2, 0.25) is 0 Å². The first-order valence-corrected chi connectivity index (χ1v) is 8.58. The van der Waals surface area contributed by atoms with Crippen molar-refractivity contribution in [3.63, 3.8) is 0 Å². The standard InChI is InChI=1S/C18H22N6/c1-2-23-10-8-14(9-11-23)22-17-16-12-21-24(18(16)20-13-19-17)15-6-4-3-5-7-15/h3-7,12-14H,2,8-11H2,1H3,(H,19,20,22). The fraction of sp³-hybridized carbons (Fsp3) is 0.389. The summed E-state index contributed by atoms with van der Waals surface area (Å²) in [5.74, 6) is 0.886. The molecule has 1 N–H and O–H groups in total. The van der Waals surface area contributed by atoms with Crippen LogP contribution in [-0.2, 0) is 0 Å². The van der Waals surface area contributed by atoms with E-state index in [-0.39, 0.29) is 0 Å².